The van der Waals surface area contributed by atoms with E-state index in [-0.39, 0.29) is 0 Å². The predicted octanol–water partition coefficient (Wildman–Crippen LogP) is 2.60. The van der Waals surface area contributed by atoms with E-state index in [2.05, 4.69) is 0 Å². The SMILES string of the molecule is Nc1ccc(Cl)cc1C(O)c1ccco1. The number of anilines is 1. The van der Waals surface area contributed by atoms with Crippen molar-refractivity contribution in [3.05, 3.63) is 52.9 Å². The van der Waals surface area contributed by atoms with Crippen molar-refractivity contribution in [3.8, 4) is 0 Å². The van der Waals surface area contributed by atoms with Crippen molar-refractivity contribution in [2.24, 2.45) is 0 Å². The molecule has 0 bridgehead atoms. The van der Waals surface area contributed by atoms with E-state index in [1.807, 2.05) is 0 Å². The fourth-order valence-corrected chi connectivity index (χ4v) is 1.56. The van der Waals surface area contributed by atoms with Crippen molar-refractivity contribution in [3.63, 3.8) is 0 Å². The molecule has 0 amide bonds. The van der Waals surface area contributed by atoms with Crippen LogP contribution in [0.3, 0.4) is 0 Å². The van der Waals surface area contributed by atoms with Gasteiger partial charge in [0, 0.05) is 16.3 Å². The second kappa shape index (κ2) is 3.96. The van der Waals surface area contributed by atoms with E-state index in [0.29, 0.717) is 22.0 Å². The Labute approximate surface area is 92.1 Å². The van der Waals surface area contributed by atoms with Crippen molar-refractivity contribution in [1.82, 2.24) is 0 Å². The number of benzene rings is 1. The van der Waals surface area contributed by atoms with Crippen molar-refractivity contribution in [1.29, 1.82) is 0 Å². The minimum Gasteiger partial charge on any atom is -0.466 e. The van der Waals surface area contributed by atoms with E-state index in [1.165, 1.54) is 6.26 Å². The molecule has 0 spiro atoms. The monoisotopic (exact) mass is 223 g/mol. The molecule has 3 nitrogen and oxygen atoms in total. The Kier molecular flexibility index (Phi) is 2.66. The molecule has 78 valence electrons. The minimum atomic E-state index is -0.876. The topological polar surface area (TPSA) is 59.4 Å². The van der Waals surface area contributed by atoms with Gasteiger partial charge in [-0.2, -0.15) is 0 Å². The van der Waals surface area contributed by atoms with Crippen LogP contribution in [0.15, 0.2) is 41.0 Å². The average molecular weight is 224 g/mol. The van der Waals surface area contributed by atoms with E-state index in [1.54, 1.807) is 30.3 Å². The normalized spacial score (nSPS) is 12.7. The van der Waals surface area contributed by atoms with Gasteiger partial charge in [0.15, 0.2) is 0 Å². The lowest BCUT2D eigenvalue weighted by molar-refractivity contribution is 0.190. The second-order valence-electron chi connectivity index (χ2n) is 3.19. The lowest BCUT2D eigenvalue weighted by Crippen LogP contribution is -2.02. The number of nitrogens with two attached hydrogens (primary N) is 1. The highest BCUT2D eigenvalue weighted by molar-refractivity contribution is 6.30. The molecule has 0 saturated carbocycles. The van der Waals surface area contributed by atoms with Crippen molar-refractivity contribution >= 4 is 17.3 Å². The molecule has 2 aromatic rings. The molecule has 4 heteroatoms. The summed E-state index contributed by atoms with van der Waals surface area (Å²) >= 11 is 5.83. The van der Waals surface area contributed by atoms with Crippen molar-refractivity contribution in [2.75, 3.05) is 5.73 Å². The van der Waals surface area contributed by atoms with E-state index in [0.717, 1.165) is 0 Å². The molecular formula is C11H10ClNO2. The third-order valence-electron chi connectivity index (χ3n) is 2.16. The number of aliphatic hydroxyl groups excluding tert-OH is 1. The molecule has 0 aliphatic heterocycles. The predicted molar refractivity (Wildman–Crippen MR) is 58.6 cm³/mol. The molecule has 2 rings (SSSR count). The first-order chi connectivity index (χ1) is 7.18. The Bertz CT molecular complexity index is 454. The van der Waals surface area contributed by atoms with Gasteiger partial charge >= 0.3 is 0 Å². The molecule has 1 heterocycles. The zero-order valence-electron chi connectivity index (χ0n) is 7.85. The van der Waals surface area contributed by atoms with Crippen LogP contribution in [-0.2, 0) is 0 Å². The van der Waals surface area contributed by atoms with Gasteiger partial charge in [0.1, 0.15) is 11.9 Å². The van der Waals surface area contributed by atoms with Crippen LogP contribution < -0.4 is 5.73 Å². The Morgan fingerprint density at radius 1 is 1.33 bits per heavy atom. The molecule has 1 aromatic carbocycles. The summed E-state index contributed by atoms with van der Waals surface area (Å²) in [7, 11) is 0. The smallest absolute Gasteiger partial charge is 0.139 e. The maximum atomic E-state index is 9.95. The number of aliphatic hydroxyl groups is 1. The highest BCUT2D eigenvalue weighted by atomic mass is 35.5. The molecule has 1 atom stereocenters. The van der Waals surface area contributed by atoms with Crippen molar-refractivity contribution < 1.29 is 9.52 Å². The van der Waals surface area contributed by atoms with Gasteiger partial charge in [-0.15, -0.1) is 0 Å². The summed E-state index contributed by atoms with van der Waals surface area (Å²) < 4.78 is 5.10. The Morgan fingerprint density at radius 3 is 2.80 bits per heavy atom. The number of hydrogen-bond acceptors (Lipinski definition) is 3. The zero-order valence-corrected chi connectivity index (χ0v) is 8.61. The third-order valence-corrected chi connectivity index (χ3v) is 2.39. The van der Waals surface area contributed by atoms with Gasteiger partial charge in [0.25, 0.3) is 0 Å². The molecule has 15 heavy (non-hydrogen) atoms. The molecule has 1 unspecified atom stereocenters. The van der Waals surface area contributed by atoms with Gasteiger partial charge in [-0.3, -0.25) is 0 Å². The van der Waals surface area contributed by atoms with Gasteiger partial charge in [-0.1, -0.05) is 11.6 Å². The van der Waals surface area contributed by atoms with E-state index in [4.69, 9.17) is 21.8 Å². The lowest BCUT2D eigenvalue weighted by Gasteiger charge is -2.11. The maximum absolute atomic E-state index is 9.95. The first-order valence-electron chi connectivity index (χ1n) is 4.45. The summed E-state index contributed by atoms with van der Waals surface area (Å²) in [5.41, 5.74) is 6.78. The van der Waals surface area contributed by atoms with E-state index >= 15 is 0 Å². The first kappa shape index (κ1) is 10.1. The van der Waals surface area contributed by atoms with Gasteiger partial charge in [-0.25, -0.2) is 0 Å². The Morgan fingerprint density at radius 2 is 2.13 bits per heavy atom. The molecule has 0 fully saturated rings. The van der Waals surface area contributed by atoms with Crippen LogP contribution in [0.25, 0.3) is 0 Å². The summed E-state index contributed by atoms with van der Waals surface area (Å²) in [6, 6.07) is 8.35. The van der Waals surface area contributed by atoms with Crippen LogP contribution in [0.4, 0.5) is 5.69 Å². The summed E-state index contributed by atoms with van der Waals surface area (Å²) in [6.45, 7) is 0. The number of hydrogen-bond donors (Lipinski definition) is 2. The quantitative estimate of drug-likeness (QED) is 0.770. The largest absolute Gasteiger partial charge is 0.466 e. The van der Waals surface area contributed by atoms with E-state index < -0.39 is 6.10 Å². The number of rotatable bonds is 2. The summed E-state index contributed by atoms with van der Waals surface area (Å²) in [4.78, 5) is 0. The fraction of sp³-hybridized carbons (Fsp3) is 0.0909. The van der Waals surface area contributed by atoms with Crippen LogP contribution in [0.5, 0.6) is 0 Å². The second-order valence-corrected chi connectivity index (χ2v) is 3.63. The molecule has 0 radical (unpaired) electrons. The van der Waals surface area contributed by atoms with Gasteiger partial charge < -0.3 is 15.3 Å². The highest BCUT2D eigenvalue weighted by Crippen LogP contribution is 2.29. The van der Waals surface area contributed by atoms with Gasteiger partial charge in [0.2, 0.25) is 0 Å². The molecule has 0 aliphatic rings. The molecule has 1 aromatic heterocycles. The summed E-state index contributed by atoms with van der Waals surface area (Å²) in [6.07, 6.45) is 0.623. The molecule has 3 N–H and O–H groups in total. The minimum absolute atomic E-state index is 0.448. The Balaban J connectivity index is 2.41. The maximum Gasteiger partial charge on any atom is 0.139 e. The first-order valence-corrected chi connectivity index (χ1v) is 4.82. The summed E-state index contributed by atoms with van der Waals surface area (Å²) in [5, 5.41) is 10.5. The van der Waals surface area contributed by atoms with Crippen LogP contribution >= 0.6 is 11.6 Å². The molecular weight excluding hydrogens is 214 g/mol. The number of halogens is 1. The third kappa shape index (κ3) is 1.98. The average Bonchev–Trinajstić information content (AvgIpc) is 2.74. The highest BCUT2D eigenvalue weighted by Gasteiger charge is 2.16. The summed E-state index contributed by atoms with van der Waals surface area (Å²) in [5.74, 6) is 0.448. The molecule has 0 aliphatic carbocycles. The van der Waals surface area contributed by atoms with E-state index in [9.17, 15) is 5.11 Å². The van der Waals surface area contributed by atoms with Crippen molar-refractivity contribution in [2.45, 2.75) is 6.10 Å². The number of nitrogen functional groups attached to an aromatic ring is 1. The van der Waals surface area contributed by atoms with Crippen LogP contribution in [-0.4, -0.2) is 5.11 Å². The van der Waals surface area contributed by atoms with Crippen LogP contribution in [0.2, 0.25) is 5.02 Å². The lowest BCUT2D eigenvalue weighted by atomic mass is 10.1. The molecule has 0 saturated heterocycles. The number of furan rings is 1. The zero-order chi connectivity index (χ0) is 10.8. The van der Waals surface area contributed by atoms with Crippen LogP contribution in [0, 0.1) is 0 Å². The van der Waals surface area contributed by atoms with Crippen LogP contribution in [0.1, 0.15) is 17.4 Å². The van der Waals surface area contributed by atoms with Gasteiger partial charge in [0.05, 0.1) is 6.26 Å². The standard InChI is InChI=1S/C11H10ClNO2/c12-7-3-4-9(13)8(6-7)11(14)10-2-1-5-15-10/h1-6,11,14H,13H2. The fourth-order valence-electron chi connectivity index (χ4n) is 1.38. The van der Waals surface area contributed by atoms with Gasteiger partial charge in [-0.05, 0) is 30.3 Å². The Hall–Kier alpha value is -1.45.